The summed E-state index contributed by atoms with van der Waals surface area (Å²) >= 11 is 0. The van der Waals surface area contributed by atoms with Crippen molar-refractivity contribution in [3.05, 3.63) is 59.2 Å². The van der Waals surface area contributed by atoms with Crippen LogP contribution in [0.25, 0.3) is 0 Å². The van der Waals surface area contributed by atoms with Gasteiger partial charge in [0, 0.05) is 12.1 Å². The number of carbonyl (C=O) groups is 1. The molecular formula is C28H37N3O3S. The molecule has 2 amide bonds. The van der Waals surface area contributed by atoms with Crippen molar-refractivity contribution < 1.29 is 13.2 Å². The summed E-state index contributed by atoms with van der Waals surface area (Å²) in [6.45, 7) is 6.04. The Bertz CT molecular complexity index is 1150. The van der Waals surface area contributed by atoms with E-state index in [0.29, 0.717) is 10.6 Å². The Hall–Kier alpha value is -2.54. The van der Waals surface area contributed by atoms with E-state index in [-0.39, 0.29) is 24.7 Å². The van der Waals surface area contributed by atoms with Gasteiger partial charge in [0.15, 0.2) is 0 Å². The van der Waals surface area contributed by atoms with Crippen LogP contribution in [0.1, 0.15) is 55.2 Å². The molecule has 7 heteroatoms. The highest BCUT2D eigenvalue weighted by Gasteiger charge is 2.51. The fourth-order valence-electron chi connectivity index (χ4n) is 7.49. The van der Waals surface area contributed by atoms with Crippen molar-refractivity contribution in [2.45, 2.75) is 69.7 Å². The maximum atomic E-state index is 13.9. The van der Waals surface area contributed by atoms with E-state index in [4.69, 9.17) is 0 Å². The smallest absolute Gasteiger partial charge is 0.315 e. The molecule has 0 aliphatic heterocycles. The van der Waals surface area contributed by atoms with E-state index in [2.05, 4.69) is 10.6 Å². The average Bonchev–Trinajstić information content (AvgIpc) is 2.75. The van der Waals surface area contributed by atoms with Gasteiger partial charge in [-0.15, -0.1) is 0 Å². The fraction of sp³-hybridized carbons (Fsp3) is 0.536. The molecule has 4 bridgehead atoms. The lowest BCUT2D eigenvalue weighted by molar-refractivity contribution is -0.0135. The minimum absolute atomic E-state index is 0.0693. The molecule has 35 heavy (non-hydrogen) atoms. The number of amides is 2. The minimum atomic E-state index is -3.81. The zero-order valence-electron chi connectivity index (χ0n) is 21.0. The first-order valence-corrected chi connectivity index (χ1v) is 14.3. The molecule has 4 fully saturated rings. The molecule has 0 spiro atoms. The monoisotopic (exact) mass is 495 g/mol. The van der Waals surface area contributed by atoms with Crippen LogP contribution >= 0.6 is 0 Å². The van der Waals surface area contributed by atoms with Crippen LogP contribution in [0, 0.1) is 38.5 Å². The first-order chi connectivity index (χ1) is 16.6. The second-order valence-electron chi connectivity index (χ2n) is 11.2. The number of anilines is 1. The molecule has 188 valence electrons. The molecule has 0 aromatic heterocycles. The largest absolute Gasteiger partial charge is 0.336 e. The third kappa shape index (κ3) is 4.80. The number of sulfonamides is 1. The van der Waals surface area contributed by atoms with Crippen molar-refractivity contribution in [2.75, 3.05) is 17.4 Å². The molecular weight excluding hydrogens is 458 g/mol. The standard InChI is InChI=1S/C28H37N3O3S/c1-19-11-20(2)26(21(3)12-19)35(33,34)31(25-7-5-4-6-8-25)10-9-29-27(32)30-28-16-22-13-23(17-28)15-24(14-22)18-28/h4-8,11-12,22-24H,9-10,13-18H2,1-3H3,(H2,29,30,32). The van der Waals surface area contributed by atoms with E-state index in [1.54, 1.807) is 12.1 Å². The van der Waals surface area contributed by atoms with Crippen LogP contribution in [0.4, 0.5) is 10.5 Å². The van der Waals surface area contributed by atoms with Crippen LogP contribution in [0.3, 0.4) is 0 Å². The number of aryl methyl sites for hydroxylation is 3. The van der Waals surface area contributed by atoms with E-state index in [0.717, 1.165) is 53.7 Å². The molecule has 6 rings (SSSR count). The molecule has 0 saturated heterocycles. The molecule has 4 aliphatic carbocycles. The second kappa shape index (κ2) is 9.16. The van der Waals surface area contributed by atoms with Crippen molar-refractivity contribution in [3.8, 4) is 0 Å². The summed E-state index contributed by atoms with van der Waals surface area (Å²) in [5, 5.41) is 6.28. The van der Waals surface area contributed by atoms with Crippen molar-refractivity contribution in [3.63, 3.8) is 0 Å². The third-order valence-electron chi connectivity index (χ3n) is 8.21. The Labute approximate surface area is 209 Å². The Morgan fingerprint density at radius 1 is 0.943 bits per heavy atom. The highest BCUT2D eigenvalue weighted by Crippen LogP contribution is 2.55. The van der Waals surface area contributed by atoms with Gasteiger partial charge in [-0.1, -0.05) is 35.9 Å². The lowest BCUT2D eigenvalue weighted by atomic mass is 9.53. The van der Waals surface area contributed by atoms with Gasteiger partial charge in [0.2, 0.25) is 0 Å². The highest BCUT2D eigenvalue weighted by atomic mass is 32.2. The van der Waals surface area contributed by atoms with Crippen LogP contribution in [0.15, 0.2) is 47.4 Å². The summed E-state index contributed by atoms with van der Waals surface area (Å²) in [7, 11) is -3.81. The quantitative estimate of drug-likeness (QED) is 0.563. The minimum Gasteiger partial charge on any atom is -0.336 e. The average molecular weight is 496 g/mol. The van der Waals surface area contributed by atoms with Gasteiger partial charge >= 0.3 is 6.03 Å². The summed E-state index contributed by atoms with van der Waals surface area (Å²) in [5.74, 6) is 2.25. The molecule has 0 radical (unpaired) electrons. The maximum Gasteiger partial charge on any atom is 0.315 e. The van der Waals surface area contributed by atoms with Gasteiger partial charge in [0.25, 0.3) is 10.0 Å². The van der Waals surface area contributed by atoms with Gasteiger partial charge in [-0.25, -0.2) is 13.2 Å². The molecule has 2 N–H and O–H groups in total. The normalized spacial score (nSPS) is 27.0. The fourth-order valence-corrected chi connectivity index (χ4v) is 9.37. The Morgan fingerprint density at radius 3 is 2.03 bits per heavy atom. The number of nitrogens with one attached hydrogen (secondary N) is 2. The molecule has 4 saturated carbocycles. The molecule has 0 unspecified atom stereocenters. The van der Waals surface area contributed by atoms with Gasteiger partial charge in [-0.05, 0) is 100 Å². The van der Waals surface area contributed by atoms with Gasteiger partial charge in [-0.3, -0.25) is 4.31 Å². The molecule has 2 aromatic rings. The van der Waals surface area contributed by atoms with Crippen molar-refractivity contribution >= 4 is 21.7 Å². The number of rotatable bonds is 7. The molecule has 6 nitrogen and oxygen atoms in total. The van der Waals surface area contributed by atoms with Gasteiger partial charge in [0.1, 0.15) is 0 Å². The lowest BCUT2D eigenvalue weighted by Crippen LogP contribution is -2.61. The summed E-state index contributed by atoms with van der Waals surface area (Å²) in [6, 6.07) is 12.8. The SMILES string of the molecule is Cc1cc(C)c(S(=O)(=O)N(CCNC(=O)NC23CC4CC(CC(C4)C2)C3)c2ccccc2)c(C)c1. The van der Waals surface area contributed by atoms with Crippen molar-refractivity contribution in [2.24, 2.45) is 17.8 Å². The summed E-state index contributed by atoms with van der Waals surface area (Å²) in [4.78, 5) is 13.3. The van der Waals surface area contributed by atoms with Crippen LogP contribution in [-0.2, 0) is 10.0 Å². The van der Waals surface area contributed by atoms with Crippen LogP contribution < -0.4 is 14.9 Å². The Morgan fingerprint density at radius 2 is 1.49 bits per heavy atom. The molecule has 0 heterocycles. The number of para-hydroxylation sites is 1. The highest BCUT2D eigenvalue weighted by molar-refractivity contribution is 7.93. The summed E-state index contributed by atoms with van der Waals surface area (Å²) in [5.41, 5.74) is 3.02. The maximum absolute atomic E-state index is 13.9. The van der Waals surface area contributed by atoms with E-state index >= 15 is 0 Å². The Balaban J connectivity index is 1.30. The van der Waals surface area contributed by atoms with Crippen LogP contribution in [-0.4, -0.2) is 33.1 Å². The van der Waals surface area contributed by atoms with E-state index < -0.39 is 10.0 Å². The van der Waals surface area contributed by atoms with Gasteiger partial charge < -0.3 is 10.6 Å². The molecule has 0 atom stereocenters. The third-order valence-corrected chi connectivity index (χ3v) is 10.3. The van der Waals surface area contributed by atoms with Gasteiger partial charge in [0.05, 0.1) is 17.1 Å². The zero-order valence-corrected chi connectivity index (χ0v) is 21.8. The molecule has 2 aromatic carbocycles. The van der Waals surface area contributed by atoms with E-state index in [9.17, 15) is 13.2 Å². The first-order valence-electron chi connectivity index (χ1n) is 12.9. The van der Waals surface area contributed by atoms with Crippen molar-refractivity contribution in [1.29, 1.82) is 0 Å². The lowest BCUT2D eigenvalue weighted by Gasteiger charge is -2.56. The van der Waals surface area contributed by atoms with Crippen LogP contribution in [0.2, 0.25) is 0 Å². The number of urea groups is 1. The number of benzene rings is 2. The predicted octanol–water partition coefficient (Wildman–Crippen LogP) is 5.08. The van der Waals surface area contributed by atoms with E-state index in [1.165, 1.54) is 23.6 Å². The second-order valence-corrected chi connectivity index (χ2v) is 13.0. The van der Waals surface area contributed by atoms with Crippen LogP contribution in [0.5, 0.6) is 0 Å². The molecule has 4 aliphatic rings. The summed E-state index contributed by atoms with van der Waals surface area (Å²) in [6.07, 6.45) is 7.23. The van der Waals surface area contributed by atoms with Crippen molar-refractivity contribution in [1.82, 2.24) is 10.6 Å². The predicted molar refractivity (Wildman–Crippen MR) is 139 cm³/mol. The Kier molecular flexibility index (Phi) is 6.32. The number of hydrogen-bond acceptors (Lipinski definition) is 3. The topological polar surface area (TPSA) is 78.5 Å². The number of hydrogen-bond donors (Lipinski definition) is 2. The number of carbonyl (C=O) groups excluding carboxylic acids is 1. The first kappa shape index (κ1) is 24.2. The number of nitrogens with zero attached hydrogens (tertiary/aromatic N) is 1. The zero-order chi connectivity index (χ0) is 24.8. The summed E-state index contributed by atoms with van der Waals surface area (Å²) < 4.78 is 29.1. The van der Waals surface area contributed by atoms with Gasteiger partial charge in [-0.2, -0.15) is 0 Å². The van der Waals surface area contributed by atoms with E-state index in [1.807, 2.05) is 51.1 Å².